The van der Waals surface area contributed by atoms with Crippen molar-refractivity contribution in [1.82, 2.24) is 19.9 Å². The molecular formula is C27H32N6O3. The molecule has 3 heterocycles. The minimum Gasteiger partial charge on any atom is -0.444 e. The van der Waals surface area contributed by atoms with Crippen molar-refractivity contribution < 1.29 is 14.3 Å². The van der Waals surface area contributed by atoms with Gasteiger partial charge in [0, 0.05) is 37.5 Å². The standard InChI is InChI=1S/C27H32N6O3/c1-17-20(14-28)23-30-22(18(2)34)31-33(23)24(21(17)19-10-8-7-9-11-19)32-13-12-27(6,16-32)15-29-25(35)36-26(3,4)5/h7-11H,12-13,15-16H2,1-6H3,(H,29,35)/t27-/m0/s1. The summed E-state index contributed by atoms with van der Waals surface area (Å²) in [5.41, 5.74) is 2.59. The molecule has 1 aromatic carbocycles. The van der Waals surface area contributed by atoms with Gasteiger partial charge in [0.25, 0.3) is 0 Å². The number of aromatic nitrogens is 3. The quantitative estimate of drug-likeness (QED) is 0.525. The number of nitrogens with one attached hydrogen (secondary N) is 1. The zero-order valence-electron chi connectivity index (χ0n) is 21.7. The van der Waals surface area contributed by atoms with Crippen LogP contribution in [0.3, 0.4) is 0 Å². The van der Waals surface area contributed by atoms with E-state index in [9.17, 15) is 14.9 Å². The lowest BCUT2D eigenvalue weighted by atomic mass is 9.90. The van der Waals surface area contributed by atoms with Crippen molar-refractivity contribution in [3.63, 3.8) is 0 Å². The van der Waals surface area contributed by atoms with E-state index < -0.39 is 11.7 Å². The molecule has 0 spiro atoms. The Balaban J connectivity index is 1.78. The molecule has 9 nitrogen and oxygen atoms in total. The smallest absolute Gasteiger partial charge is 0.407 e. The Hall–Kier alpha value is -3.93. The second kappa shape index (κ2) is 9.26. The highest BCUT2D eigenvalue weighted by Gasteiger charge is 2.38. The van der Waals surface area contributed by atoms with Crippen LogP contribution in [-0.4, -0.2) is 51.7 Å². The maximum Gasteiger partial charge on any atom is 0.407 e. The number of fused-ring (bicyclic) bond motifs is 1. The number of nitrogens with zero attached hydrogens (tertiary/aromatic N) is 5. The van der Waals surface area contributed by atoms with E-state index in [0.717, 1.165) is 28.9 Å². The van der Waals surface area contributed by atoms with Crippen LogP contribution in [0, 0.1) is 23.7 Å². The molecule has 2 aromatic heterocycles. The summed E-state index contributed by atoms with van der Waals surface area (Å²) in [6.45, 7) is 12.8. The van der Waals surface area contributed by atoms with Crippen molar-refractivity contribution >= 4 is 23.3 Å². The van der Waals surface area contributed by atoms with Gasteiger partial charge in [0.2, 0.25) is 5.82 Å². The number of hydrogen-bond donors (Lipinski definition) is 1. The number of ketones is 1. The highest BCUT2D eigenvalue weighted by molar-refractivity contribution is 5.92. The first kappa shape index (κ1) is 25.2. The number of carbonyl (C=O) groups excluding carboxylic acids is 2. The molecule has 1 fully saturated rings. The van der Waals surface area contributed by atoms with E-state index in [1.165, 1.54) is 6.92 Å². The zero-order chi connectivity index (χ0) is 26.3. The molecule has 4 rings (SSSR count). The maximum absolute atomic E-state index is 12.3. The van der Waals surface area contributed by atoms with Crippen LogP contribution in [0.15, 0.2) is 30.3 Å². The van der Waals surface area contributed by atoms with Gasteiger partial charge >= 0.3 is 6.09 Å². The summed E-state index contributed by atoms with van der Waals surface area (Å²) in [5.74, 6) is 0.597. The lowest BCUT2D eigenvalue weighted by Gasteiger charge is -2.28. The number of benzene rings is 1. The fourth-order valence-electron chi connectivity index (χ4n) is 4.66. The molecule has 1 amide bonds. The third-order valence-electron chi connectivity index (χ3n) is 6.41. The van der Waals surface area contributed by atoms with E-state index in [1.807, 2.05) is 58.0 Å². The first-order valence-corrected chi connectivity index (χ1v) is 12.0. The van der Waals surface area contributed by atoms with Crippen molar-refractivity contribution in [3.8, 4) is 17.2 Å². The molecule has 1 aliphatic heterocycles. The van der Waals surface area contributed by atoms with E-state index in [0.29, 0.717) is 30.8 Å². The number of pyridine rings is 1. The lowest BCUT2D eigenvalue weighted by molar-refractivity contribution is 0.0507. The molecule has 0 saturated carbocycles. The Kier molecular flexibility index (Phi) is 6.48. The molecule has 1 saturated heterocycles. The Labute approximate surface area is 211 Å². The van der Waals surface area contributed by atoms with Crippen LogP contribution in [0.5, 0.6) is 0 Å². The number of hydrogen-bond acceptors (Lipinski definition) is 7. The molecule has 188 valence electrons. The van der Waals surface area contributed by atoms with Crippen molar-refractivity contribution in [1.29, 1.82) is 5.26 Å². The second-order valence-electron chi connectivity index (χ2n) is 10.7. The SMILES string of the molecule is CC(=O)c1nc2c(C#N)c(C)c(-c3ccccc3)c(N3CC[C@@](C)(CNC(=O)OC(C)(C)C)C3)n2n1. The highest BCUT2D eigenvalue weighted by atomic mass is 16.6. The summed E-state index contributed by atoms with van der Waals surface area (Å²) < 4.78 is 7.04. The van der Waals surface area contributed by atoms with E-state index in [-0.39, 0.29) is 17.0 Å². The van der Waals surface area contributed by atoms with Crippen molar-refractivity contribution in [2.45, 2.75) is 53.6 Å². The molecule has 3 aromatic rings. The number of carbonyl (C=O) groups is 2. The highest BCUT2D eigenvalue weighted by Crippen LogP contribution is 2.41. The first-order chi connectivity index (χ1) is 16.9. The molecule has 36 heavy (non-hydrogen) atoms. The van der Waals surface area contributed by atoms with Crippen LogP contribution < -0.4 is 10.2 Å². The number of alkyl carbamates (subject to hydrolysis) is 1. The molecule has 0 aliphatic carbocycles. The molecule has 1 aliphatic rings. The van der Waals surface area contributed by atoms with Crippen LogP contribution in [0.25, 0.3) is 16.8 Å². The Morgan fingerprint density at radius 3 is 2.56 bits per heavy atom. The van der Waals surface area contributed by atoms with E-state index >= 15 is 0 Å². The van der Waals surface area contributed by atoms with Crippen molar-refractivity contribution in [3.05, 3.63) is 47.3 Å². The van der Waals surface area contributed by atoms with Gasteiger partial charge in [0.1, 0.15) is 23.1 Å². The lowest BCUT2D eigenvalue weighted by Crippen LogP contribution is -2.40. The number of Topliss-reactive ketones (excluding diaryl/α,β-unsaturated/α-hetero) is 1. The molecule has 1 atom stereocenters. The summed E-state index contributed by atoms with van der Waals surface area (Å²) in [6, 6.07) is 12.1. The number of nitriles is 1. The average Bonchev–Trinajstić information content (AvgIpc) is 3.41. The van der Waals surface area contributed by atoms with Gasteiger partial charge < -0.3 is 15.0 Å². The van der Waals surface area contributed by atoms with Crippen LogP contribution in [0.2, 0.25) is 0 Å². The van der Waals surface area contributed by atoms with Gasteiger partial charge in [-0.3, -0.25) is 4.79 Å². The van der Waals surface area contributed by atoms with Crippen molar-refractivity contribution in [2.75, 3.05) is 24.5 Å². The zero-order valence-corrected chi connectivity index (χ0v) is 21.7. The Morgan fingerprint density at radius 2 is 1.94 bits per heavy atom. The fraction of sp³-hybridized carbons (Fsp3) is 0.444. The van der Waals surface area contributed by atoms with Crippen LogP contribution in [0.1, 0.15) is 62.8 Å². The second-order valence-corrected chi connectivity index (χ2v) is 10.7. The number of amides is 1. The average molecular weight is 489 g/mol. The third-order valence-corrected chi connectivity index (χ3v) is 6.41. The van der Waals surface area contributed by atoms with E-state index in [1.54, 1.807) is 4.52 Å². The van der Waals surface area contributed by atoms with Crippen LogP contribution in [0.4, 0.5) is 10.6 Å². The molecule has 0 unspecified atom stereocenters. The summed E-state index contributed by atoms with van der Waals surface area (Å²) in [7, 11) is 0. The first-order valence-electron chi connectivity index (χ1n) is 12.0. The van der Waals surface area contributed by atoms with Crippen LogP contribution in [-0.2, 0) is 4.74 Å². The van der Waals surface area contributed by atoms with Gasteiger partial charge in [-0.2, -0.15) is 9.78 Å². The summed E-state index contributed by atoms with van der Waals surface area (Å²) in [4.78, 5) is 31.1. The summed E-state index contributed by atoms with van der Waals surface area (Å²) >= 11 is 0. The van der Waals surface area contributed by atoms with E-state index in [2.05, 4.69) is 33.3 Å². The molecule has 0 radical (unpaired) electrons. The maximum atomic E-state index is 12.3. The van der Waals surface area contributed by atoms with Gasteiger partial charge in [-0.25, -0.2) is 9.78 Å². The van der Waals surface area contributed by atoms with Gasteiger partial charge in [-0.15, -0.1) is 5.10 Å². The number of ether oxygens (including phenoxy) is 1. The molecule has 1 N–H and O–H groups in total. The van der Waals surface area contributed by atoms with Crippen LogP contribution >= 0.6 is 0 Å². The Bertz CT molecular complexity index is 1370. The normalized spacial score (nSPS) is 17.8. The number of anilines is 1. The van der Waals surface area contributed by atoms with Gasteiger partial charge in [0.15, 0.2) is 11.4 Å². The number of rotatable bonds is 5. The summed E-state index contributed by atoms with van der Waals surface area (Å²) in [5, 5.41) is 17.4. The fourth-order valence-corrected chi connectivity index (χ4v) is 4.66. The minimum atomic E-state index is -0.565. The predicted octanol–water partition coefficient (Wildman–Crippen LogP) is 4.52. The predicted molar refractivity (Wildman–Crippen MR) is 137 cm³/mol. The molecular weight excluding hydrogens is 456 g/mol. The molecule has 9 heteroatoms. The third kappa shape index (κ3) is 4.89. The van der Waals surface area contributed by atoms with Crippen molar-refractivity contribution in [2.24, 2.45) is 5.41 Å². The van der Waals surface area contributed by atoms with E-state index in [4.69, 9.17) is 4.74 Å². The van der Waals surface area contributed by atoms with Gasteiger partial charge in [-0.1, -0.05) is 37.3 Å². The minimum absolute atomic E-state index is 0.0749. The monoisotopic (exact) mass is 488 g/mol. The van der Waals surface area contributed by atoms with Gasteiger partial charge in [-0.05, 0) is 45.2 Å². The van der Waals surface area contributed by atoms with Gasteiger partial charge in [0.05, 0.1) is 0 Å². The topological polar surface area (TPSA) is 113 Å². The summed E-state index contributed by atoms with van der Waals surface area (Å²) in [6.07, 6.45) is 0.386. The Morgan fingerprint density at radius 1 is 1.25 bits per heavy atom. The largest absolute Gasteiger partial charge is 0.444 e. The molecule has 0 bridgehead atoms.